The summed E-state index contributed by atoms with van der Waals surface area (Å²) in [6.45, 7) is 1.87. The molecule has 0 aliphatic rings. The van der Waals surface area contributed by atoms with Crippen LogP contribution in [0.25, 0.3) is 0 Å². The van der Waals surface area contributed by atoms with Crippen LogP contribution in [0.5, 0.6) is 0 Å². The van der Waals surface area contributed by atoms with E-state index >= 15 is 0 Å². The number of aryl methyl sites for hydroxylation is 1. The number of hydrogen-bond acceptors (Lipinski definition) is 2. The molecule has 0 atom stereocenters. The molecule has 1 rings (SSSR count). The van der Waals surface area contributed by atoms with Gasteiger partial charge in [0.2, 0.25) is 0 Å². The number of rotatable bonds is 2. The first-order chi connectivity index (χ1) is 7.08. The van der Waals surface area contributed by atoms with Crippen LogP contribution in [-0.2, 0) is 0 Å². The summed E-state index contributed by atoms with van der Waals surface area (Å²) in [6.07, 6.45) is 0. The van der Waals surface area contributed by atoms with E-state index in [1.807, 2.05) is 6.92 Å². The van der Waals surface area contributed by atoms with Crippen molar-refractivity contribution in [2.24, 2.45) is 10.7 Å². The highest BCUT2D eigenvalue weighted by Crippen LogP contribution is 2.30. The highest BCUT2D eigenvalue weighted by atomic mass is 79.9. The maximum absolute atomic E-state index is 8.75. The number of amidine groups is 1. The Labute approximate surface area is 102 Å². The van der Waals surface area contributed by atoms with E-state index in [2.05, 4.69) is 27.0 Å². The summed E-state index contributed by atoms with van der Waals surface area (Å²) in [7, 11) is 0. The number of aliphatic imine (C=N–C) groups is 1. The minimum Gasteiger partial charge on any atom is -0.386 e. The van der Waals surface area contributed by atoms with E-state index in [9.17, 15) is 0 Å². The van der Waals surface area contributed by atoms with Crippen LogP contribution in [0.2, 0.25) is 0 Å². The molecular weight excluding hydrogens is 277 g/mol. The molecule has 2 N–H and O–H groups in total. The van der Waals surface area contributed by atoms with Gasteiger partial charge in [-0.1, -0.05) is 0 Å². The number of nitriles is 1. The van der Waals surface area contributed by atoms with Gasteiger partial charge in [-0.15, -0.1) is 11.6 Å². The Morgan fingerprint density at radius 1 is 1.67 bits per heavy atom. The smallest absolute Gasteiger partial charge is 0.115 e. The fourth-order valence-corrected chi connectivity index (χ4v) is 1.82. The summed E-state index contributed by atoms with van der Waals surface area (Å²) < 4.78 is 0.743. The number of nitrogens with zero attached hydrogens (tertiary/aromatic N) is 2. The number of benzene rings is 1. The first-order valence-corrected chi connectivity index (χ1v) is 5.50. The lowest BCUT2D eigenvalue weighted by Crippen LogP contribution is -2.12. The Bertz CT molecular complexity index is 425. The van der Waals surface area contributed by atoms with Crippen LogP contribution in [0.3, 0.4) is 0 Å². The Balaban J connectivity index is 3.27. The van der Waals surface area contributed by atoms with Crippen molar-refractivity contribution in [2.75, 3.05) is 5.88 Å². The van der Waals surface area contributed by atoms with Gasteiger partial charge in [0.1, 0.15) is 5.84 Å². The van der Waals surface area contributed by atoms with Crippen molar-refractivity contribution in [1.29, 1.82) is 5.26 Å². The molecule has 0 aromatic heterocycles. The third-order valence-corrected chi connectivity index (χ3v) is 2.65. The lowest BCUT2D eigenvalue weighted by molar-refractivity contribution is 1.34. The highest BCUT2D eigenvalue weighted by Gasteiger charge is 2.05. The van der Waals surface area contributed by atoms with Crippen LogP contribution < -0.4 is 5.73 Å². The van der Waals surface area contributed by atoms with Crippen molar-refractivity contribution in [3.8, 4) is 6.07 Å². The second kappa shape index (κ2) is 5.15. The molecule has 0 aliphatic heterocycles. The van der Waals surface area contributed by atoms with Crippen LogP contribution in [0.4, 0.5) is 5.69 Å². The minimum absolute atomic E-state index is 0.186. The van der Waals surface area contributed by atoms with Crippen LogP contribution in [-0.4, -0.2) is 11.7 Å². The molecule has 0 radical (unpaired) electrons. The van der Waals surface area contributed by atoms with E-state index in [-0.39, 0.29) is 5.88 Å². The van der Waals surface area contributed by atoms with Gasteiger partial charge in [-0.2, -0.15) is 5.26 Å². The molecule has 1 aromatic rings. The summed E-state index contributed by atoms with van der Waals surface area (Å²) in [4.78, 5) is 4.16. The van der Waals surface area contributed by atoms with Crippen LogP contribution in [0.15, 0.2) is 21.6 Å². The summed E-state index contributed by atoms with van der Waals surface area (Å²) >= 11 is 8.88. The predicted octanol–water partition coefficient (Wildman–Crippen LogP) is 2.86. The van der Waals surface area contributed by atoms with Crippen LogP contribution >= 0.6 is 27.5 Å². The fourth-order valence-electron chi connectivity index (χ4n) is 1.12. The maximum atomic E-state index is 8.75. The van der Waals surface area contributed by atoms with Gasteiger partial charge in [-0.3, -0.25) is 0 Å². The van der Waals surface area contributed by atoms with Crippen molar-refractivity contribution >= 4 is 39.1 Å². The highest BCUT2D eigenvalue weighted by molar-refractivity contribution is 9.10. The largest absolute Gasteiger partial charge is 0.386 e. The molecule has 3 nitrogen and oxygen atoms in total. The number of halogens is 2. The van der Waals surface area contributed by atoms with Crippen molar-refractivity contribution < 1.29 is 0 Å². The van der Waals surface area contributed by atoms with Gasteiger partial charge in [-0.25, -0.2) is 4.99 Å². The normalized spacial score (nSPS) is 11.2. The van der Waals surface area contributed by atoms with Gasteiger partial charge in [-0.05, 0) is 40.5 Å². The standard InChI is InChI=1S/C10H9BrClN3/c1-6-2-7(5-13)3-8(11)10(6)15-9(14)4-12/h2-3H,4H2,1H3,(H2,14,15). The molecule has 0 aliphatic carbocycles. The molecular formula is C10H9BrClN3. The van der Waals surface area contributed by atoms with Crippen molar-refractivity contribution in [1.82, 2.24) is 0 Å². The molecule has 0 bridgehead atoms. The zero-order valence-electron chi connectivity index (χ0n) is 8.09. The quantitative estimate of drug-likeness (QED) is 0.516. The van der Waals surface area contributed by atoms with Crippen molar-refractivity contribution in [3.63, 3.8) is 0 Å². The van der Waals surface area contributed by atoms with E-state index in [1.165, 1.54) is 0 Å². The average molecular weight is 287 g/mol. The topological polar surface area (TPSA) is 62.2 Å². The van der Waals surface area contributed by atoms with Gasteiger partial charge < -0.3 is 5.73 Å². The summed E-state index contributed by atoms with van der Waals surface area (Å²) in [5.41, 5.74) is 7.73. The molecule has 0 saturated carbocycles. The predicted molar refractivity (Wildman–Crippen MR) is 65.6 cm³/mol. The first kappa shape index (κ1) is 12.0. The monoisotopic (exact) mass is 285 g/mol. The number of hydrogen-bond donors (Lipinski definition) is 1. The van der Waals surface area contributed by atoms with Gasteiger partial charge in [0.15, 0.2) is 0 Å². The Kier molecular flexibility index (Phi) is 4.13. The van der Waals surface area contributed by atoms with Gasteiger partial charge in [0, 0.05) is 4.47 Å². The van der Waals surface area contributed by atoms with E-state index in [0.717, 1.165) is 10.0 Å². The van der Waals surface area contributed by atoms with Crippen molar-refractivity contribution in [3.05, 3.63) is 27.7 Å². The zero-order valence-corrected chi connectivity index (χ0v) is 10.4. The SMILES string of the molecule is Cc1cc(C#N)cc(Br)c1N=C(N)CCl. The van der Waals surface area contributed by atoms with E-state index in [1.54, 1.807) is 12.1 Å². The van der Waals surface area contributed by atoms with E-state index < -0.39 is 0 Å². The zero-order chi connectivity index (χ0) is 11.4. The number of nitrogens with two attached hydrogens (primary N) is 1. The van der Waals surface area contributed by atoms with Crippen LogP contribution in [0, 0.1) is 18.3 Å². The molecule has 0 fully saturated rings. The number of alkyl halides is 1. The first-order valence-electron chi connectivity index (χ1n) is 4.17. The lowest BCUT2D eigenvalue weighted by Gasteiger charge is -2.05. The molecule has 0 saturated heterocycles. The molecule has 0 unspecified atom stereocenters. The maximum Gasteiger partial charge on any atom is 0.115 e. The summed E-state index contributed by atoms with van der Waals surface area (Å²) in [5, 5.41) is 8.75. The molecule has 5 heteroatoms. The van der Waals surface area contributed by atoms with Crippen molar-refractivity contribution in [2.45, 2.75) is 6.92 Å². The van der Waals surface area contributed by atoms with Crippen LogP contribution in [0.1, 0.15) is 11.1 Å². The summed E-state index contributed by atoms with van der Waals surface area (Å²) in [5.74, 6) is 0.538. The molecule has 78 valence electrons. The van der Waals surface area contributed by atoms with Gasteiger partial charge >= 0.3 is 0 Å². The Hall–Kier alpha value is -1.05. The Morgan fingerprint density at radius 3 is 2.80 bits per heavy atom. The molecule has 0 amide bonds. The second-order valence-corrected chi connectivity index (χ2v) is 4.09. The molecule has 15 heavy (non-hydrogen) atoms. The third-order valence-electron chi connectivity index (χ3n) is 1.78. The van der Waals surface area contributed by atoms with E-state index in [0.29, 0.717) is 17.1 Å². The fraction of sp³-hybridized carbons (Fsp3) is 0.200. The third kappa shape index (κ3) is 2.95. The Morgan fingerprint density at radius 2 is 2.33 bits per heavy atom. The molecule has 0 spiro atoms. The molecule has 1 aromatic carbocycles. The average Bonchev–Trinajstić information content (AvgIpc) is 2.22. The minimum atomic E-state index is 0.186. The summed E-state index contributed by atoms with van der Waals surface area (Å²) in [6, 6.07) is 5.52. The van der Waals surface area contributed by atoms with E-state index in [4.69, 9.17) is 22.6 Å². The van der Waals surface area contributed by atoms with Gasteiger partial charge in [0.05, 0.1) is 23.2 Å². The van der Waals surface area contributed by atoms with Gasteiger partial charge in [0.25, 0.3) is 0 Å². The second-order valence-electron chi connectivity index (χ2n) is 2.97. The lowest BCUT2D eigenvalue weighted by atomic mass is 10.1. The molecule has 0 heterocycles.